The fraction of sp³-hybridized carbons (Fsp3) is 0.364. The average molecular weight is 364 g/mol. The van der Waals surface area contributed by atoms with Crippen molar-refractivity contribution in [3.8, 4) is 5.75 Å². The van der Waals surface area contributed by atoms with Crippen molar-refractivity contribution in [2.75, 3.05) is 18.5 Å². The number of rotatable bonds is 2. The first kappa shape index (κ1) is 17.6. The summed E-state index contributed by atoms with van der Waals surface area (Å²) >= 11 is 0. The number of carbonyl (C=O) groups is 2. The smallest absolute Gasteiger partial charge is 0.257 e. The first-order chi connectivity index (χ1) is 13.1. The van der Waals surface area contributed by atoms with Gasteiger partial charge in [0.1, 0.15) is 5.75 Å². The molecule has 1 saturated heterocycles. The van der Waals surface area contributed by atoms with Crippen LogP contribution in [0.3, 0.4) is 0 Å². The molecule has 1 fully saturated rings. The van der Waals surface area contributed by atoms with Crippen LogP contribution in [0.25, 0.3) is 0 Å². The molecular formula is C22H24N2O3. The SMILES string of the molecule is Cc1cccc(C(=O)Nc2ccc3c(c2)C(=O)N2CCCCC2CCO3)c1. The van der Waals surface area contributed by atoms with Crippen LogP contribution in [0.4, 0.5) is 5.69 Å². The highest BCUT2D eigenvalue weighted by atomic mass is 16.5. The Balaban J connectivity index is 1.60. The molecule has 5 heteroatoms. The summed E-state index contributed by atoms with van der Waals surface area (Å²) < 4.78 is 5.85. The third-order valence-corrected chi connectivity index (χ3v) is 5.34. The molecule has 0 saturated carbocycles. The van der Waals surface area contributed by atoms with E-state index in [9.17, 15) is 9.59 Å². The number of amides is 2. The molecule has 5 nitrogen and oxygen atoms in total. The lowest BCUT2D eigenvalue weighted by atomic mass is 9.97. The van der Waals surface area contributed by atoms with E-state index in [-0.39, 0.29) is 17.9 Å². The van der Waals surface area contributed by atoms with Crippen LogP contribution in [-0.2, 0) is 0 Å². The first-order valence-electron chi connectivity index (χ1n) is 9.57. The van der Waals surface area contributed by atoms with E-state index in [2.05, 4.69) is 5.32 Å². The summed E-state index contributed by atoms with van der Waals surface area (Å²) in [6.07, 6.45) is 4.11. The number of anilines is 1. The van der Waals surface area contributed by atoms with Crippen LogP contribution < -0.4 is 10.1 Å². The third-order valence-electron chi connectivity index (χ3n) is 5.34. The van der Waals surface area contributed by atoms with E-state index < -0.39 is 0 Å². The minimum Gasteiger partial charge on any atom is -0.493 e. The molecule has 1 N–H and O–H groups in total. The van der Waals surface area contributed by atoms with Gasteiger partial charge in [-0.1, -0.05) is 17.7 Å². The first-order valence-corrected chi connectivity index (χ1v) is 9.57. The number of carbonyl (C=O) groups excluding carboxylic acids is 2. The minimum absolute atomic E-state index is 0.000976. The Bertz CT molecular complexity index is 878. The van der Waals surface area contributed by atoms with Crippen molar-refractivity contribution in [2.45, 2.75) is 38.6 Å². The Hall–Kier alpha value is -2.82. The second-order valence-electron chi connectivity index (χ2n) is 7.32. The van der Waals surface area contributed by atoms with Crippen LogP contribution in [0.15, 0.2) is 42.5 Å². The van der Waals surface area contributed by atoms with Gasteiger partial charge >= 0.3 is 0 Å². The number of hydrogen-bond donors (Lipinski definition) is 1. The van der Waals surface area contributed by atoms with Crippen molar-refractivity contribution in [1.29, 1.82) is 0 Å². The Morgan fingerprint density at radius 1 is 1.15 bits per heavy atom. The third kappa shape index (κ3) is 3.68. The van der Waals surface area contributed by atoms with E-state index >= 15 is 0 Å². The number of piperidine rings is 1. The lowest BCUT2D eigenvalue weighted by molar-refractivity contribution is 0.0548. The monoisotopic (exact) mass is 364 g/mol. The zero-order chi connectivity index (χ0) is 18.8. The van der Waals surface area contributed by atoms with Crippen LogP contribution in [0.2, 0.25) is 0 Å². The lowest BCUT2D eigenvalue weighted by Gasteiger charge is -2.37. The standard InChI is InChI=1S/C22H24N2O3/c1-15-5-4-6-16(13-15)21(25)23-17-8-9-20-19(14-17)22(26)24-11-3-2-7-18(24)10-12-27-20/h4-6,8-9,13-14,18H,2-3,7,10-12H2,1H3,(H,23,25). The summed E-state index contributed by atoms with van der Waals surface area (Å²) in [7, 11) is 0. The average Bonchev–Trinajstić information content (AvgIpc) is 2.67. The molecule has 140 valence electrons. The van der Waals surface area contributed by atoms with E-state index in [1.54, 1.807) is 24.3 Å². The molecule has 2 aromatic carbocycles. The fourth-order valence-corrected chi connectivity index (χ4v) is 3.92. The molecule has 2 aliphatic heterocycles. The van der Waals surface area contributed by atoms with Crippen molar-refractivity contribution in [3.05, 3.63) is 59.2 Å². The molecular weight excluding hydrogens is 340 g/mol. The van der Waals surface area contributed by atoms with Gasteiger partial charge < -0.3 is 15.0 Å². The molecule has 2 aromatic rings. The maximum Gasteiger partial charge on any atom is 0.257 e. The van der Waals surface area contributed by atoms with E-state index in [1.807, 2.05) is 30.0 Å². The Morgan fingerprint density at radius 3 is 2.89 bits per heavy atom. The number of nitrogens with one attached hydrogen (secondary N) is 1. The second-order valence-corrected chi connectivity index (χ2v) is 7.32. The van der Waals surface area contributed by atoms with Crippen LogP contribution in [0.1, 0.15) is 52.0 Å². The zero-order valence-electron chi connectivity index (χ0n) is 15.5. The zero-order valence-corrected chi connectivity index (χ0v) is 15.5. The van der Waals surface area contributed by atoms with Gasteiger partial charge in [0.05, 0.1) is 12.2 Å². The quantitative estimate of drug-likeness (QED) is 0.875. The number of nitrogens with zero attached hydrogens (tertiary/aromatic N) is 1. The molecule has 2 heterocycles. The Kier molecular flexibility index (Phi) is 4.84. The predicted molar refractivity (Wildman–Crippen MR) is 104 cm³/mol. The van der Waals surface area contributed by atoms with Gasteiger partial charge in [0.25, 0.3) is 11.8 Å². The van der Waals surface area contributed by atoms with Gasteiger partial charge in [-0.2, -0.15) is 0 Å². The predicted octanol–water partition coefficient (Wildman–Crippen LogP) is 4.02. The Morgan fingerprint density at radius 2 is 2.04 bits per heavy atom. The maximum absolute atomic E-state index is 13.1. The van der Waals surface area contributed by atoms with Crippen LogP contribution >= 0.6 is 0 Å². The summed E-state index contributed by atoms with van der Waals surface area (Å²) in [6.45, 7) is 3.35. The van der Waals surface area contributed by atoms with Crippen molar-refractivity contribution in [3.63, 3.8) is 0 Å². The molecule has 0 bridgehead atoms. The van der Waals surface area contributed by atoms with Crippen molar-refractivity contribution in [1.82, 2.24) is 4.90 Å². The molecule has 0 aromatic heterocycles. The van der Waals surface area contributed by atoms with E-state index in [4.69, 9.17) is 4.74 Å². The summed E-state index contributed by atoms with van der Waals surface area (Å²) in [5.41, 5.74) is 2.76. The number of benzene rings is 2. The van der Waals surface area contributed by atoms with Crippen LogP contribution in [0.5, 0.6) is 5.75 Å². The molecule has 4 rings (SSSR count). The lowest BCUT2D eigenvalue weighted by Crippen LogP contribution is -2.45. The molecule has 0 aliphatic carbocycles. The molecule has 0 spiro atoms. The summed E-state index contributed by atoms with van der Waals surface area (Å²) in [4.78, 5) is 27.6. The number of hydrogen-bond acceptors (Lipinski definition) is 3. The van der Waals surface area contributed by atoms with E-state index in [1.165, 1.54) is 0 Å². The minimum atomic E-state index is -0.186. The van der Waals surface area contributed by atoms with Crippen molar-refractivity contribution in [2.24, 2.45) is 0 Å². The van der Waals surface area contributed by atoms with Crippen molar-refractivity contribution < 1.29 is 14.3 Å². The largest absolute Gasteiger partial charge is 0.493 e. The molecule has 2 amide bonds. The normalized spacial score (nSPS) is 19.2. The molecule has 1 unspecified atom stereocenters. The van der Waals surface area contributed by atoms with Crippen LogP contribution in [-0.4, -0.2) is 35.9 Å². The highest BCUT2D eigenvalue weighted by Gasteiger charge is 2.31. The summed E-state index contributed by atoms with van der Waals surface area (Å²) in [6, 6.07) is 13.0. The van der Waals surface area contributed by atoms with E-state index in [0.717, 1.165) is 37.8 Å². The topological polar surface area (TPSA) is 58.6 Å². The van der Waals surface area contributed by atoms with Gasteiger partial charge in [-0.25, -0.2) is 0 Å². The highest BCUT2D eigenvalue weighted by Crippen LogP contribution is 2.31. The molecule has 2 aliphatic rings. The second kappa shape index (κ2) is 7.43. The number of fused-ring (bicyclic) bond motifs is 2. The summed E-state index contributed by atoms with van der Waals surface area (Å²) in [5, 5.41) is 2.90. The van der Waals surface area contributed by atoms with E-state index in [0.29, 0.717) is 29.2 Å². The van der Waals surface area contributed by atoms with Crippen LogP contribution in [0, 0.1) is 6.92 Å². The van der Waals surface area contributed by atoms with Gasteiger partial charge in [-0.3, -0.25) is 9.59 Å². The van der Waals surface area contributed by atoms with Gasteiger partial charge in [0.2, 0.25) is 0 Å². The maximum atomic E-state index is 13.1. The number of ether oxygens (including phenoxy) is 1. The van der Waals surface area contributed by atoms with Gasteiger partial charge in [-0.05, 0) is 56.5 Å². The fourth-order valence-electron chi connectivity index (χ4n) is 3.92. The van der Waals surface area contributed by atoms with Gasteiger partial charge in [0, 0.05) is 30.3 Å². The molecule has 1 atom stereocenters. The van der Waals surface area contributed by atoms with Gasteiger partial charge in [0.15, 0.2) is 0 Å². The summed E-state index contributed by atoms with van der Waals surface area (Å²) in [5.74, 6) is 0.410. The van der Waals surface area contributed by atoms with Crippen molar-refractivity contribution >= 4 is 17.5 Å². The highest BCUT2D eigenvalue weighted by molar-refractivity contribution is 6.05. The Labute approximate surface area is 159 Å². The molecule has 0 radical (unpaired) electrons. The van der Waals surface area contributed by atoms with Gasteiger partial charge in [-0.15, -0.1) is 0 Å². The molecule has 27 heavy (non-hydrogen) atoms. The number of aryl methyl sites for hydroxylation is 1.